The van der Waals surface area contributed by atoms with Gasteiger partial charge in [-0.3, -0.25) is 4.90 Å². The molecule has 10 heavy (non-hydrogen) atoms. The molecule has 0 radical (unpaired) electrons. The van der Waals surface area contributed by atoms with Crippen molar-refractivity contribution >= 4 is 12.6 Å². The first-order chi connectivity index (χ1) is 4.39. The molecule has 0 fully saturated rings. The monoisotopic (exact) mass is 164 g/mol. The first kappa shape index (κ1) is 10.2. The van der Waals surface area contributed by atoms with Gasteiger partial charge in [0.25, 0.3) is 0 Å². The van der Waals surface area contributed by atoms with Crippen molar-refractivity contribution in [1.29, 1.82) is 0 Å². The summed E-state index contributed by atoms with van der Waals surface area (Å²) in [7, 11) is 1.77. The van der Waals surface area contributed by atoms with E-state index in [2.05, 4.69) is 12.6 Å². The van der Waals surface area contributed by atoms with Crippen LogP contribution in [0.25, 0.3) is 0 Å². The zero-order valence-electron chi connectivity index (χ0n) is 6.70. The minimum Gasteiger partial charge on any atom is -0.376 e. The summed E-state index contributed by atoms with van der Waals surface area (Å²) in [6, 6.07) is 0. The van der Waals surface area contributed by atoms with E-state index in [1.807, 2.05) is 0 Å². The average Bonchev–Trinajstić information content (AvgIpc) is 1.83. The van der Waals surface area contributed by atoms with Crippen LogP contribution < -0.4 is 5.73 Å². The smallest absolute Gasteiger partial charge is 0.125 e. The van der Waals surface area contributed by atoms with E-state index in [1.165, 1.54) is 0 Å². The molecule has 0 aliphatic rings. The zero-order valence-corrected chi connectivity index (χ0v) is 7.60. The van der Waals surface area contributed by atoms with Gasteiger partial charge in [0.05, 0.1) is 0 Å². The van der Waals surface area contributed by atoms with Crippen molar-refractivity contribution in [3.63, 3.8) is 0 Å². The molecule has 0 rings (SSSR count). The van der Waals surface area contributed by atoms with Crippen molar-refractivity contribution in [1.82, 2.24) is 4.90 Å². The van der Waals surface area contributed by atoms with Crippen LogP contribution in [0.1, 0.15) is 13.8 Å². The summed E-state index contributed by atoms with van der Waals surface area (Å²) in [6.07, 6.45) is -0.634. The van der Waals surface area contributed by atoms with Crippen LogP contribution in [0.2, 0.25) is 0 Å². The normalized spacial score (nSPS) is 15.9. The Morgan fingerprint density at radius 1 is 1.70 bits per heavy atom. The van der Waals surface area contributed by atoms with Gasteiger partial charge in [-0.25, -0.2) is 0 Å². The Hall–Kier alpha value is 0.230. The fourth-order valence-electron chi connectivity index (χ4n) is 0.645. The molecular weight excluding hydrogens is 148 g/mol. The number of hydrogen-bond acceptors (Lipinski definition) is 4. The van der Waals surface area contributed by atoms with Gasteiger partial charge in [-0.2, -0.15) is 12.6 Å². The van der Waals surface area contributed by atoms with Crippen LogP contribution in [0, 0.1) is 0 Å². The largest absolute Gasteiger partial charge is 0.376 e. The molecule has 0 aromatic carbocycles. The zero-order chi connectivity index (χ0) is 8.36. The third-order valence-electron chi connectivity index (χ3n) is 1.31. The van der Waals surface area contributed by atoms with E-state index in [9.17, 15) is 5.11 Å². The molecule has 1 unspecified atom stereocenters. The first-order valence-electron chi connectivity index (χ1n) is 3.17. The summed E-state index contributed by atoms with van der Waals surface area (Å²) < 4.78 is 0. The van der Waals surface area contributed by atoms with Crippen LogP contribution in [0.4, 0.5) is 0 Å². The Balaban J connectivity index is 3.94. The Morgan fingerprint density at radius 3 is 2.20 bits per heavy atom. The van der Waals surface area contributed by atoms with E-state index >= 15 is 0 Å². The molecule has 3 N–H and O–H groups in total. The van der Waals surface area contributed by atoms with Crippen molar-refractivity contribution in [2.75, 3.05) is 12.9 Å². The lowest BCUT2D eigenvalue weighted by molar-refractivity contribution is -0.0154. The van der Waals surface area contributed by atoms with Gasteiger partial charge in [-0.05, 0) is 20.9 Å². The van der Waals surface area contributed by atoms with Gasteiger partial charge in [0.15, 0.2) is 0 Å². The molecule has 1 atom stereocenters. The number of aliphatic hydroxyl groups excluding tert-OH is 1. The minimum absolute atomic E-state index is 0.502. The second-order valence-corrected chi connectivity index (χ2v) is 3.38. The Labute approximate surface area is 67.6 Å². The Kier molecular flexibility index (Phi) is 3.65. The molecule has 0 aromatic heterocycles. The van der Waals surface area contributed by atoms with Gasteiger partial charge < -0.3 is 10.8 Å². The van der Waals surface area contributed by atoms with Crippen LogP contribution >= 0.6 is 12.6 Å². The number of rotatable bonds is 3. The predicted octanol–water partition coefficient (Wildman–Crippen LogP) is -0.139. The van der Waals surface area contributed by atoms with Crippen molar-refractivity contribution < 1.29 is 5.11 Å². The number of thiol groups is 1. The number of likely N-dealkylation sites (N-methyl/N-ethyl adjacent to an activating group) is 1. The fourth-order valence-corrected chi connectivity index (χ4v) is 0.800. The maximum Gasteiger partial charge on any atom is 0.125 e. The molecule has 0 spiro atoms. The van der Waals surface area contributed by atoms with Crippen LogP contribution in [-0.4, -0.2) is 34.7 Å². The van der Waals surface area contributed by atoms with E-state index in [-0.39, 0.29) is 0 Å². The van der Waals surface area contributed by atoms with Gasteiger partial charge in [-0.1, -0.05) is 0 Å². The quantitative estimate of drug-likeness (QED) is 0.402. The molecule has 4 heteroatoms. The van der Waals surface area contributed by atoms with E-state index in [1.54, 1.807) is 25.8 Å². The lowest BCUT2D eigenvalue weighted by Gasteiger charge is -2.32. The molecule has 0 aromatic rings. The third-order valence-corrected chi connectivity index (χ3v) is 1.75. The summed E-state index contributed by atoms with van der Waals surface area (Å²) in [5.74, 6) is 0.502. The fraction of sp³-hybridized carbons (Fsp3) is 1.00. The Morgan fingerprint density at radius 2 is 2.10 bits per heavy atom. The van der Waals surface area contributed by atoms with E-state index in [0.717, 1.165) is 0 Å². The molecule has 0 saturated carbocycles. The summed E-state index contributed by atoms with van der Waals surface area (Å²) in [5.41, 5.74) is 5.04. The second kappa shape index (κ2) is 3.57. The number of hydrogen-bond donors (Lipinski definition) is 3. The summed E-state index contributed by atoms with van der Waals surface area (Å²) in [5, 5.41) is 9.41. The Bertz CT molecular complexity index is 102. The van der Waals surface area contributed by atoms with Crippen molar-refractivity contribution in [3.05, 3.63) is 0 Å². The van der Waals surface area contributed by atoms with Crippen LogP contribution in [0.5, 0.6) is 0 Å². The summed E-state index contributed by atoms with van der Waals surface area (Å²) in [4.78, 5) is 1.67. The van der Waals surface area contributed by atoms with E-state index in [0.29, 0.717) is 5.88 Å². The van der Waals surface area contributed by atoms with Gasteiger partial charge in [0.1, 0.15) is 6.23 Å². The SMILES string of the molecule is CN(CS)C(O)C(C)(C)N. The van der Waals surface area contributed by atoms with Gasteiger partial charge in [0.2, 0.25) is 0 Å². The highest BCUT2D eigenvalue weighted by Gasteiger charge is 2.25. The molecule has 0 aliphatic carbocycles. The van der Waals surface area contributed by atoms with E-state index < -0.39 is 11.8 Å². The van der Waals surface area contributed by atoms with Crippen molar-refractivity contribution in [3.8, 4) is 0 Å². The highest BCUT2D eigenvalue weighted by molar-refractivity contribution is 7.80. The number of aliphatic hydroxyl groups is 1. The lowest BCUT2D eigenvalue weighted by Crippen LogP contribution is -2.53. The van der Waals surface area contributed by atoms with Crippen LogP contribution in [-0.2, 0) is 0 Å². The van der Waals surface area contributed by atoms with Gasteiger partial charge in [0, 0.05) is 11.4 Å². The van der Waals surface area contributed by atoms with Gasteiger partial charge >= 0.3 is 0 Å². The second-order valence-electron chi connectivity index (χ2n) is 3.09. The van der Waals surface area contributed by atoms with Crippen LogP contribution in [0.3, 0.4) is 0 Å². The third kappa shape index (κ3) is 2.88. The summed E-state index contributed by atoms with van der Waals surface area (Å²) in [6.45, 7) is 3.55. The minimum atomic E-state index is -0.634. The predicted molar refractivity (Wildman–Crippen MR) is 45.9 cm³/mol. The first-order valence-corrected chi connectivity index (χ1v) is 3.81. The molecule has 0 saturated heterocycles. The number of nitrogens with two attached hydrogens (primary N) is 1. The maximum atomic E-state index is 9.41. The molecular formula is C6H16N2OS. The highest BCUT2D eigenvalue weighted by Crippen LogP contribution is 2.08. The molecule has 62 valence electrons. The molecule has 0 aliphatic heterocycles. The van der Waals surface area contributed by atoms with Crippen molar-refractivity contribution in [2.45, 2.75) is 25.6 Å². The van der Waals surface area contributed by atoms with Crippen LogP contribution in [0.15, 0.2) is 0 Å². The molecule has 0 amide bonds. The molecule has 0 heterocycles. The van der Waals surface area contributed by atoms with E-state index in [4.69, 9.17) is 5.73 Å². The molecule has 0 bridgehead atoms. The molecule has 3 nitrogen and oxygen atoms in total. The standard InChI is InChI=1S/C6H16N2OS/c1-6(2,7)5(9)8(3)4-10/h5,9-10H,4,7H2,1-3H3. The van der Waals surface area contributed by atoms with Crippen molar-refractivity contribution in [2.24, 2.45) is 5.73 Å². The highest BCUT2D eigenvalue weighted by atomic mass is 32.1. The topological polar surface area (TPSA) is 49.5 Å². The number of nitrogens with zero attached hydrogens (tertiary/aromatic N) is 1. The average molecular weight is 164 g/mol. The maximum absolute atomic E-state index is 9.41. The summed E-state index contributed by atoms with van der Waals surface area (Å²) >= 11 is 4.00. The van der Waals surface area contributed by atoms with Gasteiger partial charge in [-0.15, -0.1) is 0 Å². The lowest BCUT2D eigenvalue weighted by atomic mass is 10.1.